The van der Waals surface area contributed by atoms with Gasteiger partial charge in [-0.15, -0.1) is 0 Å². The van der Waals surface area contributed by atoms with Crippen molar-refractivity contribution in [3.63, 3.8) is 0 Å². The summed E-state index contributed by atoms with van der Waals surface area (Å²) in [5.74, 6) is -0.821. The molecule has 0 radical (unpaired) electrons. The van der Waals surface area contributed by atoms with Crippen LogP contribution in [-0.2, 0) is 11.0 Å². The Morgan fingerprint density at radius 3 is 2.55 bits per heavy atom. The summed E-state index contributed by atoms with van der Waals surface area (Å²) >= 11 is 5.64. The zero-order valence-electron chi connectivity index (χ0n) is 10.9. The molecule has 0 saturated heterocycles. The highest BCUT2D eigenvalue weighted by atomic mass is 35.5. The van der Waals surface area contributed by atoms with Gasteiger partial charge in [-0.3, -0.25) is 4.79 Å². The first kappa shape index (κ1) is 16.8. The normalized spacial score (nSPS) is 13.1. The second kappa shape index (κ2) is 6.95. The van der Waals surface area contributed by atoms with Crippen LogP contribution in [0.15, 0.2) is 18.2 Å². The second-order valence-electron chi connectivity index (χ2n) is 4.44. The van der Waals surface area contributed by atoms with Crippen LogP contribution in [0.3, 0.4) is 0 Å². The number of carbonyl (C=O) groups excluding carboxylic acids is 1. The van der Waals surface area contributed by atoms with Crippen molar-refractivity contribution in [1.82, 2.24) is 0 Å². The smallest absolute Gasteiger partial charge is 0.330 e. The first-order chi connectivity index (χ1) is 9.27. The minimum atomic E-state index is -4.51. The molecule has 1 aromatic rings. The molecule has 0 saturated carbocycles. The maximum absolute atomic E-state index is 12.6. The molecule has 1 rings (SSSR count). The predicted octanol–water partition coefficient (Wildman–Crippen LogP) is 3.67. The van der Waals surface area contributed by atoms with Gasteiger partial charge in [0.1, 0.15) is 0 Å². The molecule has 0 fully saturated rings. The summed E-state index contributed by atoms with van der Waals surface area (Å²) in [6, 6.07) is 2.93. The van der Waals surface area contributed by atoms with Gasteiger partial charge in [-0.1, -0.05) is 24.9 Å². The van der Waals surface area contributed by atoms with E-state index in [0.29, 0.717) is 6.42 Å². The molecule has 0 aliphatic rings. The van der Waals surface area contributed by atoms with Gasteiger partial charge in [-0.05, 0) is 24.6 Å². The van der Waals surface area contributed by atoms with Crippen LogP contribution in [0, 0.1) is 5.92 Å². The summed E-state index contributed by atoms with van der Waals surface area (Å²) < 4.78 is 37.9. The number of amides is 1. The van der Waals surface area contributed by atoms with Gasteiger partial charge in [-0.2, -0.15) is 13.2 Å². The lowest BCUT2D eigenvalue weighted by Crippen LogP contribution is -2.29. The number of nitrogens with two attached hydrogens (primary N) is 1. The van der Waals surface area contributed by atoms with Crippen LogP contribution in [0.1, 0.15) is 25.3 Å². The zero-order chi connectivity index (χ0) is 15.3. The van der Waals surface area contributed by atoms with E-state index in [0.717, 1.165) is 18.6 Å². The van der Waals surface area contributed by atoms with Gasteiger partial charge in [0, 0.05) is 17.3 Å². The van der Waals surface area contributed by atoms with E-state index in [4.69, 9.17) is 17.3 Å². The molecule has 1 unspecified atom stereocenters. The van der Waals surface area contributed by atoms with E-state index >= 15 is 0 Å². The molecule has 3 N–H and O–H groups in total. The number of anilines is 1. The fourth-order valence-corrected chi connectivity index (χ4v) is 2.01. The van der Waals surface area contributed by atoms with E-state index in [2.05, 4.69) is 5.32 Å². The van der Waals surface area contributed by atoms with Crippen molar-refractivity contribution >= 4 is 23.2 Å². The first-order valence-corrected chi connectivity index (χ1v) is 6.54. The lowest BCUT2D eigenvalue weighted by molar-refractivity contribution is -0.137. The van der Waals surface area contributed by atoms with Crippen LogP contribution in [0.5, 0.6) is 0 Å². The number of nitrogens with one attached hydrogen (secondary N) is 1. The van der Waals surface area contributed by atoms with E-state index in [-0.39, 0.29) is 17.3 Å². The average Bonchev–Trinajstić information content (AvgIpc) is 2.33. The Kier molecular flexibility index (Phi) is 5.83. The molecule has 0 heterocycles. The molecule has 20 heavy (non-hydrogen) atoms. The lowest BCUT2D eigenvalue weighted by Gasteiger charge is -2.15. The molecular weight excluding hydrogens is 293 g/mol. The van der Waals surface area contributed by atoms with Crippen LogP contribution in [-0.4, -0.2) is 12.5 Å². The molecule has 1 atom stereocenters. The van der Waals surface area contributed by atoms with Crippen molar-refractivity contribution in [2.75, 3.05) is 11.9 Å². The molecule has 112 valence electrons. The highest BCUT2D eigenvalue weighted by molar-refractivity contribution is 6.31. The highest BCUT2D eigenvalue weighted by Gasteiger charge is 2.31. The van der Waals surface area contributed by atoms with Crippen molar-refractivity contribution < 1.29 is 18.0 Å². The Hall–Kier alpha value is -1.27. The topological polar surface area (TPSA) is 55.1 Å². The molecule has 0 bridgehead atoms. The summed E-state index contributed by atoms with van der Waals surface area (Å²) in [5, 5.41) is 2.34. The number of alkyl halides is 3. The average molecular weight is 309 g/mol. The number of benzene rings is 1. The second-order valence-corrected chi connectivity index (χ2v) is 4.87. The number of halogens is 4. The first-order valence-electron chi connectivity index (χ1n) is 6.16. The van der Waals surface area contributed by atoms with Crippen molar-refractivity contribution in [3.8, 4) is 0 Å². The van der Waals surface area contributed by atoms with Crippen LogP contribution in [0.25, 0.3) is 0 Å². The monoisotopic (exact) mass is 308 g/mol. The van der Waals surface area contributed by atoms with Crippen molar-refractivity contribution in [3.05, 3.63) is 28.8 Å². The molecule has 0 aliphatic carbocycles. The highest BCUT2D eigenvalue weighted by Crippen LogP contribution is 2.33. The maximum atomic E-state index is 12.6. The van der Waals surface area contributed by atoms with E-state index in [1.807, 2.05) is 6.92 Å². The third-order valence-electron chi connectivity index (χ3n) is 2.79. The van der Waals surface area contributed by atoms with E-state index in [9.17, 15) is 18.0 Å². The Morgan fingerprint density at radius 1 is 1.40 bits per heavy atom. The third kappa shape index (κ3) is 4.68. The zero-order valence-corrected chi connectivity index (χ0v) is 11.7. The Bertz CT molecular complexity index is 477. The summed E-state index contributed by atoms with van der Waals surface area (Å²) in [7, 11) is 0. The predicted molar refractivity (Wildman–Crippen MR) is 72.5 cm³/mol. The van der Waals surface area contributed by atoms with Crippen molar-refractivity contribution in [2.24, 2.45) is 11.7 Å². The number of carbonyl (C=O) groups is 1. The van der Waals surface area contributed by atoms with E-state index < -0.39 is 23.6 Å². The molecule has 7 heteroatoms. The molecule has 1 aromatic carbocycles. The van der Waals surface area contributed by atoms with Crippen LogP contribution in [0.4, 0.5) is 18.9 Å². The van der Waals surface area contributed by atoms with Crippen LogP contribution in [0.2, 0.25) is 5.02 Å². The molecule has 1 amide bonds. The fraction of sp³-hybridized carbons (Fsp3) is 0.462. The van der Waals surface area contributed by atoms with Gasteiger partial charge in [0.2, 0.25) is 5.91 Å². The van der Waals surface area contributed by atoms with E-state index in [1.54, 1.807) is 0 Å². The van der Waals surface area contributed by atoms with E-state index in [1.165, 1.54) is 6.07 Å². The Labute approximate surface area is 120 Å². The quantitative estimate of drug-likeness (QED) is 0.872. The minimum absolute atomic E-state index is 0.0179. The largest absolute Gasteiger partial charge is 0.416 e. The SMILES string of the molecule is CCCC(CN)C(=O)Nc1cc(Cl)cc(C(F)(F)F)c1. The standard InChI is InChI=1S/C13H16ClF3N2O/c1-2-3-8(7-18)12(20)19-11-5-9(13(15,16)17)4-10(14)6-11/h4-6,8H,2-3,7,18H2,1H3,(H,19,20). The molecule has 0 aliphatic heterocycles. The van der Waals surface area contributed by atoms with Crippen molar-refractivity contribution in [2.45, 2.75) is 25.9 Å². The Balaban J connectivity index is 2.92. The van der Waals surface area contributed by atoms with Gasteiger partial charge >= 0.3 is 6.18 Å². The number of rotatable bonds is 5. The van der Waals surface area contributed by atoms with Crippen molar-refractivity contribution in [1.29, 1.82) is 0 Å². The van der Waals surface area contributed by atoms with Gasteiger partial charge in [0.15, 0.2) is 0 Å². The number of hydrogen-bond acceptors (Lipinski definition) is 2. The summed E-state index contributed by atoms with van der Waals surface area (Å²) in [4.78, 5) is 11.9. The van der Waals surface area contributed by atoms with Crippen LogP contribution >= 0.6 is 11.6 Å². The van der Waals surface area contributed by atoms with Gasteiger partial charge < -0.3 is 11.1 Å². The van der Waals surface area contributed by atoms with Crippen LogP contribution < -0.4 is 11.1 Å². The molecule has 3 nitrogen and oxygen atoms in total. The minimum Gasteiger partial charge on any atom is -0.330 e. The molecule has 0 aromatic heterocycles. The van der Waals surface area contributed by atoms with Gasteiger partial charge in [-0.25, -0.2) is 0 Å². The third-order valence-corrected chi connectivity index (χ3v) is 3.00. The summed E-state index contributed by atoms with van der Waals surface area (Å²) in [6.45, 7) is 2.05. The lowest BCUT2D eigenvalue weighted by atomic mass is 10.0. The van der Waals surface area contributed by atoms with Gasteiger partial charge in [0.05, 0.1) is 11.5 Å². The molecular formula is C13H16ClF3N2O. The maximum Gasteiger partial charge on any atom is 0.416 e. The summed E-state index contributed by atoms with van der Waals surface area (Å²) in [5.41, 5.74) is 4.59. The number of hydrogen-bond donors (Lipinski definition) is 2. The van der Waals surface area contributed by atoms with Gasteiger partial charge in [0.25, 0.3) is 0 Å². The Morgan fingerprint density at radius 2 is 2.05 bits per heavy atom. The summed E-state index contributed by atoms with van der Waals surface area (Å²) in [6.07, 6.45) is -3.17. The fourth-order valence-electron chi connectivity index (χ4n) is 1.77. The molecule has 0 spiro atoms.